The summed E-state index contributed by atoms with van der Waals surface area (Å²) in [5, 5.41) is 3.16. The predicted octanol–water partition coefficient (Wildman–Crippen LogP) is 3.03. The van der Waals surface area contributed by atoms with Crippen LogP contribution in [0, 0.1) is 12.7 Å². The Balaban J connectivity index is 1.96. The molecule has 3 aromatic rings. The molecule has 0 fully saturated rings. The lowest BCUT2D eigenvalue weighted by atomic mass is 10.1. The van der Waals surface area contributed by atoms with Crippen LogP contribution >= 0.6 is 0 Å². The van der Waals surface area contributed by atoms with E-state index in [9.17, 15) is 14.0 Å². The summed E-state index contributed by atoms with van der Waals surface area (Å²) >= 11 is 0. The number of hydrogen-bond donors (Lipinski definition) is 2. The highest BCUT2D eigenvalue weighted by Gasteiger charge is 2.13. The molecule has 0 saturated heterocycles. The number of carbonyl (C=O) groups is 2. The van der Waals surface area contributed by atoms with Crippen molar-refractivity contribution < 1.29 is 14.0 Å². The van der Waals surface area contributed by atoms with Gasteiger partial charge in [0.05, 0.1) is 11.1 Å². The van der Waals surface area contributed by atoms with Crippen LogP contribution < -0.4 is 11.1 Å². The van der Waals surface area contributed by atoms with E-state index in [-0.39, 0.29) is 5.91 Å². The summed E-state index contributed by atoms with van der Waals surface area (Å²) in [6, 6.07) is 11.9. The molecule has 0 aliphatic carbocycles. The van der Waals surface area contributed by atoms with Gasteiger partial charge in [-0.2, -0.15) is 0 Å². The molecule has 1 heterocycles. The number of carbonyl (C=O) groups excluding carboxylic acids is 2. The number of fused-ring (bicyclic) bond motifs is 1. The minimum atomic E-state index is -0.542. The maximum atomic E-state index is 13.5. The van der Waals surface area contributed by atoms with Gasteiger partial charge < -0.3 is 11.1 Å². The lowest BCUT2D eigenvalue weighted by Crippen LogP contribution is -2.14. The summed E-state index contributed by atoms with van der Waals surface area (Å²) in [6.07, 6.45) is 0. The van der Waals surface area contributed by atoms with Crippen molar-refractivity contribution in [1.82, 2.24) is 4.98 Å². The quantitative estimate of drug-likeness (QED) is 0.777. The highest BCUT2D eigenvalue weighted by molar-refractivity contribution is 6.12. The molecule has 2 amide bonds. The fourth-order valence-electron chi connectivity index (χ4n) is 2.43. The number of benzene rings is 2. The van der Waals surface area contributed by atoms with Gasteiger partial charge in [0.15, 0.2) is 0 Å². The first-order valence-electron chi connectivity index (χ1n) is 7.22. The fraction of sp³-hybridized carbons (Fsp3) is 0.0556. The second-order valence-corrected chi connectivity index (χ2v) is 5.37. The summed E-state index contributed by atoms with van der Waals surface area (Å²) < 4.78 is 13.5. The van der Waals surface area contributed by atoms with Crippen molar-refractivity contribution in [2.45, 2.75) is 6.92 Å². The smallest absolute Gasteiger partial charge is 0.256 e. The van der Waals surface area contributed by atoms with Crippen molar-refractivity contribution in [1.29, 1.82) is 0 Å². The molecule has 24 heavy (non-hydrogen) atoms. The van der Waals surface area contributed by atoms with Gasteiger partial charge in [-0.3, -0.25) is 14.6 Å². The van der Waals surface area contributed by atoms with Crippen LogP contribution in [0.4, 0.5) is 10.1 Å². The van der Waals surface area contributed by atoms with Gasteiger partial charge in [0.2, 0.25) is 5.91 Å². The number of nitrogens with zero attached hydrogens (tertiary/aromatic N) is 1. The van der Waals surface area contributed by atoms with Crippen LogP contribution in [0.25, 0.3) is 10.9 Å². The molecule has 0 aliphatic heterocycles. The maximum absolute atomic E-state index is 13.5. The highest BCUT2D eigenvalue weighted by Crippen LogP contribution is 2.21. The van der Waals surface area contributed by atoms with Gasteiger partial charge in [-0.25, -0.2) is 4.39 Å². The van der Waals surface area contributed by atoms with E-state index in [0.717, 1.165) is 0 Å². The largest absolute Gasteiger partial charge is 0.366 e. The van der Waals surface area contributed by atoms with Gasteiger partial charge in [0.25, 0.3) is 5.91 Å². The van der Waals surface area contributed by atoms with E-state index >= 15 is 0 Å². The first kappa shape index (κ1) is 15.6. The van der Waals surface area contributed by atoms with E-state index in [1.54, 1.807) is 25.1 Å². The minimum Gasteiger partial charge on any atom is -0.366 e. The Kier molecular flexibility index (Phi) is 3.95. The molecule has 120 valence electrons. The molecular weight excluding hydrogens is 309 g/mol. The van der Waals surface area contributed by atoms with Crippen molar-refractivity contribution in [2.24, 2.45) is 5.73 Å². The number of rotatable bonds is 3. The summed E-state index contributed by atoms with van der Waals surface area (Å²) in [6.45, 7) is 1.77. The van der Waals surface area contributed by atoms with Gasteiger partial charge in [0, 0.05) is 22.3 Å². The third-order valence-electron chi connectivity index (χ3n) is 3.57. The molecule has 2 aromatic carbocycles. The third-order valence-corrected chi connectivity index (χ3v) is 3.57. The molecule has 6 heteroatoms. The monoisotopic (exact) mass is 323 g/mol. The van der Waals surface area contributed by atoms with Crippen molar-refractivity contribution >= 4 is 28.4 Å². The molecule has 1 aromatic heterocycles. The minimum absolute atomic E-state index is 0.330. The van der Waals surface area contributed by atoms with Crippen molar-refractivity contribution in [3.63, 3.8) is 0 Å². The Hall–Kier alpha value is -3.28. The first-order chi connectivity index (χ1) is 11.4. The highest BCUT2D eigenvalue weighted by atomic mass is 19.1. The number of pyridine rings is 1. The summed E-state index contributed by atoms with van der Waals surface area (Å²) in [5.74, 6) is -1.37. The first-order valence-corrected chi connectivity index (χ1v) is 7.22. The molecule has 0 aliphatic rings. The molecule has 0 unspecified atom stereocenters. The Labute approximate surface area is 137 Å². The lowest BCUT2D eigenvalue weighted by Gasteiger charge is -2.09. The molecule has 3 rings (SSSR count). The molecule has 0 atom stereocenters. The van der Waals surface area contributed by atoms with E-state index in [0.29, 0.717) is 33.4 Å². The second-order valence-electron chi connectivity index (χ2n) is 5.37. The molecular formula is C18H14FN3O2. The van der Waals surface area contributed by atoms with Crippen molar-refractivity contribution in [3.8, 4) is 0 Å². The van der Waals surface area contributed by atoms with Crippen LogP contribution in [-0.4, -0.2) is 16.8 Å². The number of aryl methyl sites for hydroxylation is 1. The lowest BCUT2D eigenvalue weighted by molar-refractivity contribution is 0.0998. The molecule has 0 radical (unpaired) electrons. The van der Waals surface area contributed by atoms with Crippen LogP contribution in [0.2, 0.25) is 0 Å². The summed E-state index contributed by atoms with van der Waals surface area (Å²) in [4.78, 5) is 27.9. The Morgan fingerprint density at radius 3 is 2.46 bits per heavy atom. The third kappa shape index (κ3) is 3.08. The Bertz CT molecular complexity index is 952. The average Bonchev–Trinajstić information content (AvgIpc) is 2.55. The van der Waals surface area contributed by atoms with Gasteiger partial charge in [-0.05, 0) is 55.5 Å². The number of hydrogen-bond acceptors (Lipinski definition) is 3. The number of nitrogens with two attached hydrogens (primary N) is 1. The standard InChI is InChI=1S/C18H14FN3O2/c1-10-8-15(14-9-12(19)4-7-16(14)21-10)18(24)22-13-5-2-11(3-6-13)17(20)23/h2-9H,1H3,(H2,20,23)(H,22,24). The van der Waals surface area contributed by atoms with Crippen LogP contribution in [0.3, 0.4) is 0 Å². The van der Waals surface area contributed by atoms with E-state index in [2.05, 4.69) is 10.3 Å². The van der Waals surface area contributed by atoms with Crippen LogP contribution in [0.5, 0.6) is 0 Å². The topological polar surface area (TPSA) is 85.1 Å². The number of halogens is 1. The summed E-state index contributed by atoms with van der Waals surface area (Å²) in [7, 11) is 0. The molecule has 0 saturated carbocycles. The average molecular weight is 323 g/mol. The normalized spacial score (nSPS) is 10.6. The predicted molar refractivity (Wildman–Crippen MR) is 89.4 cm³/mol. The van der Waals surface area contributed by atoms with Gasteiger partial charge >= 0.3 is 0 Å². The SMILES string of the molecule is Cc1cc(C(=O)Nc2ccc(C(N)=O)cc2)c2cc(F)ccc2n1. The molecule has 0 spiro atoms. The van der Waals surface area contributed by atoms with E-state index in [1.165, 1.54) is 30.3 Å². The zero-order chi connectivity index (χ0) is 17.3. The number of nitrogens with one attached hydrogen (secondary N) is 1. The molecule has 3 N–H and O–H groups in total. The van der Waals surface area contributed by atoms with Crippen LogP contribution in [0.1, 0.15) is 26.4 Å². The summed E-state index contributed by atoms with van der Waals surface area (Å²) in [5.41, 5.74) is 7.56. The van der Waals surface area contributed by atoms with E-state index in [4.69, 9.17) is 5.73 Å². The number of amides is 2. The number of anilines is 1. The zero-order valence-corrected chi connectivity index (χ0v) is 12.8. The van der Waals surface area contributed by atoms with E-state index < -0.39 is 11.7 Å². The van der Waals surface area contributed by atoms with E-state index in [1.807, 2.05) is 0 Å². The zero-order valence-electron chi connectivity index (χ0n) is 12.8. The van der Waals surface area contributed by atoms with Gasteiger partial charge in [-0.1, -0.05) is 0 Å². The van der Waals surface area contributed by atoms with Crippen LogP contribution in [0.15, 0.2) is 48.5 Å². The maximum Gasteiger partial charge on any atom is 0.256 e. The van der Waals surface area contributed by atoms with Gasteiger partial charge in [-0.15, -0.1) is 0 Å². The number of aromatic nitrogens is 1. The second kappa shape index (κ2) is 6.08. The Morgan fingerprint density at radius 2 is 1.79 bits per heavy atom. The van der Waals surface area contributed by atoms with Crippen molar-refractivity contribution in [2.75, 3.05) is 5.32 Å². The number of primary amides is 1. The molecule has 0 bridgehead atoms. The Morgan fingerprint density at radius 1 is 1.08 bits per heavy atom. The van der Waals surface area contributed by atoms with Gasteiger partial charge in [0.1, 0.15) is 5.82 Å². The van der Waals surface area contributed by atoms with Crippen LogP contribution in [-0.2, 0) is 0 Å². The fourth-order valence-corrected chi connectivity index (χ4v) is 2.43. The molecule has 5 nitrogen and oxygen atoms in total. The van der Waals surface area contributed by atoms with Crippen molar-refractivity contribution in [3.05, 3.63) is 71.2 Å².